The molecule has 0 atom stereocenters. The number of benzene rings is 1. The van der Waals surface area contributed by atoms with Crippen LogP contribution < -0.4 is 0 Å². The van der Waals surface area contributed by atoms with Crippen LogP contribution in [0.4, 0.5) is 13.2 Å². The summed E-state index contributed by atoms with van der Waals surface area (Å²) in [6.45, 7) is 0.458. The standard InChI is InChI=1S/C12H13ClF3NO2S/c13-10-4-6-17(7-5-10)20(18,19)11-3-1-2-9(8-11)12(14,15)16/h1-3,8,10H,4-7H2. The molecule has 0 N–H and O–H groups in total. The van der Waals surface area contributed by atoms with Gasteiger partial charge in [0.25, 0.3) is 0 Å². The molecule has 0 aliphatic carbocycles. The van der Waals surface area contributed by atoms with E-state index in [1.807, 2.05) is 0 Å². The molecule has 112 valence electrons. The van der Waals surface area contributed by atoms with Crippen LogP contribution in [-0.4, -0.2) is 31.2 Å². The maximum Gasteiger partial charge on any atom is 0.416 e. The summed E-state index contributed by atoms with van der Waals surface area (Å²) in [4.78, 5) is -0.333. The van der Waals surface area contributed by atoms with Crippen LogP contribution in [0.2, 0.25) is 0 Å². The van der Waals surface area contributed by atoms with Crippen molar-refractivity contribution >= 4 is 21.6 Å². The van der Waals surface area contributed by atoms with Crippen LogP contribution >= 0.6 is 11.6 Å². The van der Waals surface area contributed by atoms with E-state index in [9.17, 15) is 21.6 Å². The van der Waals surface area contributed by atoms with E-state index in [1.165, 1.54) is 10.4 Å². The van der Waals surface area contributed by atoms with E-state index in [2.05, 4.69) is 0 Å². The molecule has 0 aromatic heterocycles. The van der Waals surface area contributed by atoms with Gasteiger partial charge in [-0.25, -0.2) is 8.42 Å². The van der Waals surface area contributed by atoms with Crippen LogP contribution in [0.25, 0.3) is 0 Å². The average molecular weight is 328 g/mol. The van der Waals surface area contributed by atoms with Crippen molar-refractivity contribution in [3.63, 3.8) is 0 Å². The minimum Gasteiger partial charge on any atom is -0.207 e. The molecule has 1 aliphatic heterocycles. The van der Waals surface area contributed by atoms with E-state index in [4.69, 9.17) is 11.6 Å². The first kappa shape index (κ1) is 15.6. The zero-order valence-electron chi connectivity index (χ0n) is 10.4. The number of alkyl halides is 4. The quantitative estimate of drug-likeness (QED) is 0.783. The summed E-state index contributed by atoms with van der Waals surface area (Å²) in [5.74, 6) is 0. The van der Waals surface area contributed by atoms with Gasteiger partial charge < -0.3 is 0 Å². The predicted molar refractivity (Wildman–Crippen MR) is 69.1 cm³/mol. The highest BCUT2D eigenvalue weighted by Gasteiger charge is 2.33. The van der Waals surface area contributed by atoms with Gasteiger partial charge in [0.05, 0.1) is 10.5 Å². The van der Waals surface area contributed by atoms with Crippen molar-refractivity contribution in [1.82, 2.24) is 4.31 Å². The van der Waals surface area contributed by atoms with Crippen LogP contribution in [-0.2, 0) is 16.2 Å². The number of hydrogen-bond donors (Lipinski definition) is 0. The van der Waals surface area contributed by atoms with E-state index in [1.54, 1.807) is 0 Å². The largest absolute Gasteiger partial charge is 0.416 e. The van der Waals surface area contributed by atoms with E-state index in [-0.39, 0.29) is 23.4 Å². The Morgan fingerprint density at radius 1 is 1.20 bits per heavy atom. The number of hydrogen-bond acceptors (Lipinski definition) is 2. The molecule has 1 aromatic carbocycles. The molecule has 20 heavy (non-hydrogen) atoms. The molecule has 8 heteroatoms. The summed E-state index contributed by atoms with van der Waals surface area (Å²) in [6.07, 6.45) is -3.56. The lowest BCUT2D eigenvalue weighted by atomic mass is 10.2. The highest BCUT2D eigenvalue weighted by atomic mass is 35.5. The molecule has 2 rings (SSSR count). The Morgan fingerprint density at radius 3 is 2.35 bits per heavy atom. The third kappa shape index (κ3) is 3.27. The third-order valence-corrected chi connectivity index (χ3v) is 5.51. The molecular formula is C12H13ClF3NO2S. The second kappa shape index (κ2) is 5.54. The summed E-state index contributed by atoms with van der Waals surface area (Å²) < 4.78 is 63.6. The Labute approximate surface area is 120 Å². The van der Waals surface area contributed by atoms with Crippen LogP contribution in [0.15, 0.2) is 29.2 Å². The number of sulfonamides is 1. The molecule has 0 spiro atoms. The number of piperidine rings is 1. The van der Waals surface area contributed by atoms with Gasteiger partial charge in [0.15, 0.2) is 0 Å². The average Bonchev–Trinajstić information content (AvgIpc) is 2.38. The second-order valence-electron chi connectivity index (χ2n) is 4.60. The minimum absolute atomic E-state index is 0.0806. The van der Waals surface area contributed by atoms with Gasteiger partial charge in [-0.2, -0.15) is 17.5 Å². The topological polar surface area (TPSA) is 37.4 Å². The molecule has 0 bridgehead atoms. The van der Waals surface area contributed by atoms with Gasteiger partial charge in [0.2, 0.25) is 10.0 Å². The van der Waals surface area contributed by atoms with Crippen molar-refractivity contribution < 1.29 is 21.6 Å². The summed E-state index contributed by atoms with van der Waals surface area (Å²) in [7, 11) is -3.89. The zero-order valence-corrected chi connectivity index (χ0v) is 12.0. The van der Waals surface area contributed by atoms with Crippen molar-refractivity contribution in [2.24, 2.45) is 0 Å². The first-order chi connectivity index (χ1) is 9.21. The van der Waals surface area contributed by atoms with Gasteiger partial charge in [-0.3, -0.25) is 0 Å². The first-order valence-corrected chi connectivity index (χ1v) is 7.90. The summed E-state index contributed by atoms with van der Waals surface area (Å²) in [5, 5.41) is -0.0806. The highest BCUT2D eigenvalue weighted by Crippen LogP contribution is 2.31. The molecule has 3 nitrogen and oxygen atoms in total. The lowest BCUT2D eigenvalue weighted by Gasteiger charge is -2.28. The molecule has 1 aromatic rings. The van der Waals surface area contributed by atoms with E-state index < -0.39 is 21.8 Å². The van der Waals surface area contributed by atoms with E-state index in [0.717, 1.165) is 12.1 Å². The predicted octanol–water partition coefficient (Wildman–Crippen LogP) is 3.10. The molecule has 0 saturated carbocycles. The lowest BCUT2D eigenvalue weighted by molar-refractivity contribution is -0.137. The normalized spacial score (nSPS) is 19.2. The van der Waals surface area contributed by atoms with Crippen molar-refractivity contribution in [2.75, 3.05) is 13.1 Å². The van der Waals surface area contributed by atoms with Crippen LogP contribution in [0.5, 0.6) is 0 Å². The minimum atomic E-state index is -4.56. The summed E-state index contributed by atoms with van der Waals surface area (Å²) in [5.41, 5.74) is -0.967. The SMILES string of the molecule is O=S(=O)(c1cccc(C(F)(F)F)c1)N1CCC(Cl)CC1. The van der Waals surface area contributed by atoms with Gasteiger partial charge >= 0.3 is 6.18 Å². The maximum absolute atomic E-state index is 12.6. The number of nitrogens with zero attached hydrogens (tertiary/aromatic N) is 1. The van der Waals surface area contributed by atoms with E-state index in [0.29, 0.717) is 18.9 Å². The first-order valence-electron chi connectivity index (χ1n) is 6.03. The smallest absolute Gasteiger partial charge is 0.207 e. The Bertz CT molecular complexity index is 581. The van der Waals surface area contributed by atoms with Crippen molar-refractivity contribution in [3.8, 4) is 0 Å². The molecule has 1 saturated heterocycles. The fourth-order valence-corrected chi connectivity index (χ4v) is 3.76. The summed E-state index contributed by atoms with van der Waals surface area (Å²) in [6, 6.07) is 3.80. The van der Waals surface area contributed by atoms with Crippen LogP contribution in [0.1, 0.15) is 18.4 Å². The maximum atomic E-state index is 12.6. The van der Waals surface area contributed by atoms with E-state index >= 15 is 0 Å². The zero-order chi connectivity index (χ0) is 15.0. The fourth-order valence-electron chi connectivity index (χ4n) is 2.05. The van der Waals surface area contributed by atoms with Crippen LogP contribution in [0, 0.1) is 0 Å². The Balaban J connectivity index is 2.30. The van der Waals surface area contributed by atoms with Gasteiger partial charge in [-0.05, 0) is 31.0 Å². The monoisotopic (exact) mass is 327 g/mol. The third-order valence-electron chi connectivity index (χ3n) is 3.18. The van der Waals surface area contributed by atoms with Crippen molar-refractivity contribution in [2.45, 2.75) is 29.3 Å². The van der Waals surface area contributed by atoms with Crippen molar-refractivity contribution in [1.29, 1.82) is 0 Å². The Morgan fingerprint density at radius 2 is 1.80 bits per heavy atom. The Hall–Kier alpha value is -0.790. The second-order valence-corrected chi connectivity index (χ2v) is 7.16. The molecule has 0 radical (unpaired) electrons. The van der Waals surface area contributed by atoms with Gasteiger partial charge in [-0.15, -0.1) is 11.6 Å². The highest BCUT2D eigenvalue weighted by molar-refractivity contribution is 7.89. The lowest BCUT2D eigenvalue weighted by Crippen LogP contribution is -2.38. The van der Waals surface area contributed by atoms with Gasteiger partial charge in [0, 0.05) is 18.5 Å². The molecule has 0 amide bonds. The van der Waals surface area contributed by atoms with Gasteiger partial charge in [-0.1, -0.05) is 6.07 Å². The number of halogens is 4. The fraction of sp³-hybridized carbons (Fsp3) is 0.500. The van der Waals surface area contributed by atoms with Gasteiger partial charge in [0.1, 0.15) is 0 Å². The Kier molecular flexibility index (Phi) is 4.32. The molecular weight excluding hydrogens is 315 g/mol. The number of rotatable bonds is 2. The molecule has 0 unspecified atom stereocenters. The van der Waals surface area contributed by atoms with Crippen LogP contribution in [0.3, 0.4) is 0 Å². The molecule has 1 fully saturated rings. The molecule has 1 heterocycles. The molecule has 1 aliphatic rings. The summed E-state index contributed by atoms with van der Waals surface area (Å²) >= 11 is 5.89. The van der Waals surface area contributed by atoms with Crippen molar-refractivity contribution in [3.05, 3.63) is 29.8 Å².